The number of benzene rings is 2. The number of nitriles is 1. The molecule has 5 aromatic rings. The molecule has 0 aliphatic carbocycles. The topological polar surface area (TPSA) is 105 Å². The summed E-state index contributed by atoms with van der Waals surface area (Å²) < 4.78 is 3.38. The summed E-state index contributed by atoms with van der Waals surface area (Å²) in [4.78, 5) is 28.8. The second-order valence-corrected chi connectivity index (χ2v) is 7.30. The molecule has 0 unspecified atom stereocenters. The molecule has 5 rings (SSSR count). The highest BCUT2D eigenvalue weighted by molar-refractivity contribution is 5.82. The molecular weight excluding hydrogens is 378 g/mol. The molecule has 0 amide bonds. The molecule has 0 bridgehead atoms. The monoisotopic (exact) mass is 395 g/mol. The van der Waals surface area contributed by atoms with Crippen molar-refractivity contribution in [2.45, 2.75) is 20.4 Å². The number of aryl methyl sites for hydroxylation is 2. The van der Waals surface area contributed by atoms with E-state index in [4.69, 9.17) is 0 Å². The first-order valence-corrected chi connectivity index (χ1v) is 9.43. The van der Waals surface area contributed by atoms with Crippen molar-refractivity contribution in [1.82, 2.24) is 29.1 Å². The minimum Gasteiger partial charge on any atom is -0.303 e. The molecule has 0 spiro atoms. The van der Waals surface area contributed by atoms with Crippen molar-refractivity contribution in [3.8, 4) is 12.0 Å². The van der Waals surface area contributed by atoms with Gasteiger partial charge in [-0.15, -0.1) is 0 Å². The van der Waals surface area contributed by atoms with Crippen LogP contribution in [0.25, 0.3) is 28.1 Å². The van der Waals surface area contributed by atoms with Gasteiger partial charge in [0.2, 0.25) is 5.95 Å². The minimum atomic E-state index is -0.234. The number of imidazole rings is 2. The first-order chi connectivity index (χ1) is 14.5. The van der Waals surface area contributed by atoms with Crippen molar-refractivity contribution < 1.29 is 0 Å². The number of fused-ring (bicyclic) bond motifs is 2. The van der Waals surface area contributed by atoms with Crippen molar-refractivity contribution in [2.24, 2.45) is 0 Å². The van der Waals surface area contributed by atoms with Gasteiger partial charge >= 0.3 is 5.69 Å². The summed E-state index contributed by atoms with van der Waals surface area (Å²) in [6.07, 6.45) is 3.24. The minimum absolute atomic E-state index is 0.234. The molecule has 0 saturated carbocycles. The number of aromatic amines is 1. The molecule has 0 atom stereocenters. The highest BCUT2D eigenvalue weighted by atomic mass is 16.1. The average Bonchev–Trinajstić information content (AvgIpc) is 3.30. The molecule has 3 aromatic heterocycles. The van der Waals surface area contributed by atoms with Gasteiger partial charge in [0.1, 0.15) is 11.8 Å². The van der Waals surface area contributed by atoms with Crippen molar-refractivity contribution in [2.75, 3.05) is 0 Å². The molecule has 30 heavy (non-hydrogen) atoms. The van der Waals surface area contributed by atoms with Gasteiger partial charge in [-0.25, -0.2) is 14.8 Å². The van der Waals surface area contributed by atoms with Gasteiger partial charge < -0.3 is 4.98 Å². The van der Waals surface area contributed by atoms with E-state index in [9.17, 15) is 10.1 Å². The Labute approximate surface area is 171 Å². The van der Waals surface area contributed by atoms with Crippen molar-refractivity contribution in [3.05, 3.63) is 81.7 Å². The maximum Gasteiger partial charge on any atom is 0.328 e. The van der Waals surface area contributed by atoms with E-state index in [1.54, 1.807) is 27.7 Å². The maximum absolute atomic E-state index is 12.5. The number of hydrogen-bond donors (Lipinski definition) is 1. The summed E-state index contributed by atoms with van der Waals surface area (Å²) in [6.45, 7) is 4.35. The van der Waals surface area contributed by atoms with E-state index < -0.39 is 0 Å². The van der Waals surface area contributed by atoms with Crippen molar-refractivity contribution in [3.63, 3.8) is 0 Å². The zero-order valence-electron chi connectivity index (χ0n) is 16.4. The predicted molar refractivity (Wildman–Crippen MR) is 113 cm³/mol. The lowest BCUT2D eigenvalue weighted by Crippen LogP contribution is -2.18. The third-order valence-electron chi connectivity index (χ3n) is 5.14. The van der Waals surface area contributed by atoms with Gasteiger partial charge in [-0.1, -0.05) is 29.8 Å². The van der Waals surface area contributed by atoms with E-state index in [2.05, 4.69) is 26.0 Å². The summed E-state index contributed by atoms with van der Waals surface area (Å²) in [6, 6.07) is 13.7. The molecule has 0 aliphatic heterocycles. The Hall–Kier alpha value is -4.25. The third-order valence-corrected chi connectivity index (χ3v) is 5.14. The first kappa shape index (κ1) is 17.8. The highest BCUT2D eigenvalue weighted by Gasteiger charge is 2.15. The zero-order chi connectivity index (χ0) is 20.8. The van der Waals surface area contributed by atoms with E-state index in [-0.39, 0.29) is 5.69 Å². The fourth-order valence-corrected chi connectivity index (χ4v) is 3.64. The molecule has 0 fully saturated rings. The summed E-state index contributed by atoms with van der Waals surface area (Å²) >= 11 is 0. The van der Waals surface area contributed by atoms with E-state index in [0.717, 1.165) is 22.2 Å². The van der Waals surface area contributed by atoms with E-state index >= 15 is 0 Å². The van der Waals surface area contributed by atoms with Crippen LogP contribution in [0.5, 0.6) is 0 Å². The van der Waals surface area contributed by atoms with Crippen LogP contribution >= 0.6 is 0 Å². The van der Waals surface area contributed by atoms with E-state index in [1.807, 2.05) is 44.2 Å². The summed E-state index contributed by atoms with van der Waals surface area (Å²) in [5, 5.41) is 9.19. The normalized spacial score (nSPS) is 11.2. The number of hydrogen-bond acceptors (Lipinski definition) is 5. The Morgan fingerprint density at radius 2 is 1.93 bits per heavy atom. The van der Waals surface area contributed by atoms with Gasteiger partial charge in [0, 0.05) is 0 Å². The molecule has 0 saturated heterocycles. The number of H-pyrrole nitrogens is 1. The van der Waals surface area contributed by atoms with Crippen LogP contribution in [0.15, 0.2) is 53.7 Å². The Bertz CT molecular complexity index is 1510. The van der Waals surface area contributed by atoms with Gasteiger partial charge in [0.25, 0.3) is 0 Å². The molecule has 8 heteroatoms. The average molecular weight is 395 g/mol. The lowest BCUT2D eigenvalue weighted by Gasteiger charge is -2.07. The summed E-state index contributed by atoms with van der Waals surface area (Å²) in [7, 11) is 0. The lowest BCUT2D eigenvalue weighted by atomic mass is 10.1. The van der Waals surface area contributed by atoms with Crippen LogP contribution in [0.4, 0.5) is 0 Å². The highest BCUT2D eigenvalue weighted by Crippen LogP contribution is 2.22. The van der Waals surface area contributed by atoms with Crippen molar-refractivity contribution >= 4 is 22.2 Å². The van der Waals surface area contributed by atoms with Crippen LogP contribution in [0.1, 0.15) is 22.3 Å². The Morgan fingerprint density at radius 3 is 2.70 bits per heavy atom. The van der Waals surface area contributed by atoms with Crippen LogP contribution in [-0.2, 0) is 6.54 Å². The molecule has 2 aromatic carbocycles. The van der Waals surface area contributed by atoms with Gasteiger partial charge in [0.05, 0.1) is 35.4 Å². The Kier molecular flexibility index (Phi) is 3.96. The standard InChI is InChI=1S/C22H17N7O/c1-13-3-5-15(6-4-13)11-28-20-18(26-22(28)30)10-24-21(27-20)29-12-25-17-8-16(9-23)7-14(2)19(17)29/h3-8,10,12H,11H2,1-2H3,(H,26,30). The number of rotatable bonds is 3. The van der Waals surface area contributed by atoms with Gasteiger partial charge in [-0.2, -0.15) is 10.2 Å². The molecule has 146 valence electrons. The second kappa shape index (κ2) is 6.67. The van der Waals surface area contributed by atoms with Crippen LogP contribution < -0.4 is 5.69 Å². The van der Waals surface area contributed by atoms with Gasteiger partial charge in [-0.3, -0.25) is 9.13 Å². The van der Waals surface area contributed by atoms with E-state index in [1.165, 1.54) is 0 Å². The number of nitrogens with zero attached hydrogens (tertiary/aromatic N) is 6. The number of nitrogens with one attached hydrogen (secondary N) is 1. The smallest absolute Gasteiger partial charge is 0.303 e. The fourth-order valence-electron chi connectivity index (χ4n) is 3.64. The molecule has 0 radical (unpaired) electrons. The number of aromatic nitrogens is 6. The summed E-state index contributed by atoms with van der Waals surface area (Å²) in [5.41, 5.74) is 6.02. The lowest BCUT2D eigenvalue weighted by molar-refractivity contribution is 0.774. The molecular formula is C22H17N7O. The quantitative estimate of drug-likeness (QED) is 0.506. The largest absolute Gasteiger partial charge is 0.328 e. The van der Waals surface area contributed by atoms with Crippen LogP contribution in [0.3, 0.4) is 0 Å². The van der Waals surface area contributed by atoms with Crippen LogP contribution in [0.2, 0.25) is 0 Å². The predicted octanol–water partition coefficient (Wildman–Crippen LogP) is 3.00. The molecule has 1 N–H and O–H groups in total. The van der Waals surface area contributed by atoms with Gasteiger partial charge in [-0.05, 0) is 37.1 Å². The zero-order valence-corrected chi connectivity index (χ0v) is 16.4. The Morgan fingerprint density at radius 1 is 1.13 bits per heavy atom. The maximum atomic E-state index is 12.5. The molecule has 0 aliphatic rings. The third kappa shape index (κ3) is 2.84. The van der Waals surface area contributed by atoms with Crippen LogP contribution in [0, 0.1) is 25.2 Å². The Balaban J connectivity index is 1.65. The summed E-state index contributed by atoms with van der Waals surface area (Å²) in [5.74, 6) is 0.412. The second-order valence-electron chi connectivity index (χ2n) is 7.30. The van der Waals surface area contributed by atoms with Crippen LogP contribution in [-0.4, -0.2) is 29.1 Å². The first-order valence-electron chi connectivity index (χ1n) is 9.43. The van der Waals surface area contributed by atoms with E-state index in [0.29, 0.717) is 34.7 Å². The molecule has 3 heterocycles. The molecule has 8 nitrogen and oxygen atoms in total. The van der Waals surface area contributed by atoms with Crippen molar-refractivity contribution in [1.29, 1.82) is 5.26 Å². The fraction of sp³-hybridized carbons (Fsp3) is 0.136. The SMILES string of the molecule is Cc1ccc(Cn2c(=O)[nH]c3cnc(-n4cnc5cc(C#N)cc(C)c54)nc32)cc1. The van der Waals surface area contributed by atoms with Gasteiger partial charge in [0.15, 0.2) is 5.65 Å².